The highest BCUT2D eigenvalue weighted by atomic mass is 35.5. The lowest BCUT2D eigenvalue weighted by molar-refractivity contribution is 0.0527. The maximum absolute atomic E-state index is 12.8. The van der Waals surface area contributed by atoms with Gasteiger partial charge in [0.15, 0.2) is 23.0 Å². The van der Waals surface area contributed by atoms with E-state index in [0.717, 1.165) is 0 Å². The van der Waals surface area contributed by atoms with E-state index >= 15 is 0 Å². The zero-order valence-corrected chi connectivity index (χ0v) is 18.1. The van der Waals surface area contributed by atoms with Crippen molar-refractivity contribution < 1.29 is 28.5 Å². The molecule has 1 aromatic heterocycles. The van der Waals surface area contributed by atoms with Crippen LogP contribution in [0.15, 0.2) is 30.3 Å². The summed E-state index contributed by atoms with van der Waals surface area (Å²) in [4.78, 5) is 17.2. The number of ether oxygens (including phenoxy) is 5. The SMILES string of the molecule is CCOC(=O)c1c(Cl)nc2cc(OC)c(OC)cc2c1-c1ccc(OC)c(OC)c1. The largest absolute Gasteiger partial charge is 0.493 e. The second kappa shape index (κ2) is 9.09. The summed E-state index contributed by atoms with van der Waals surface area (Å²) in [7, 11) is 6.17. The van der Waals surface area contributed by atoms with E-state index in [-0.39, 0.29) is 17.3 Å². The molecule has 0 saturated heterocycles. The first kappa shape index (κ1) is 21.5. The minimum absolute atomic E-state index is 0.0259. The lowest BCUT2D eigenvalue weighted by Crippen LogP contribution is -2.09. The number of rotatable bonds is 7. The van der Waals surface area contributed by atoms with Gasteiger partial charge < -0.3 is 23.7 Å². The van der Waals surface area contributed by atoms with Gasteiger partial charge in [-0.25, -0.2) is 9.78 Å². The number of nitrogens with zero attached hydrogens (tertiary/aromatic N) is 1. The highest BCUT2D eigenvalue weighted by molar-refractivity contribution is 6.34. The van der Waals surface area contributed by atoms with E-state index in [4.69, 9.17) is 35.3 Å². The Bertz CT molecular complexity index is 1100. The zero-order chi connectivity index (χ0) is 21.8. The summed E-state index contributed by atoms with van der Waals surface area (Å²) in [5.74, 6) is 1.48. The van der Waals surface area contributed by atoms with Crippen molar-refractivity contribution in [2.24, 2.45) is 0 Å². The molecular formula is C22H22ClNO6. The number of carbonyl (C=O) groups is 1. The molecule has 0 spiro atoms. The van der Waals surface area contributed by atoms with Crippen LogP contribution in [0.4, 0.5) is 0 Å². The topological polar surface area (TPSA) is 76.1 Å². The van der Waals surface area contributed by atoms with Crippen molar-refractivity contribution in [3.05, 3.63) is 41.0 Å². The van der Waals surface area contributed by atoms with E-state index in [1.807, 2.05) is 6.07 Å². The average Bonchev–Trinajstić information content (AvgIpc) is 2.76. The smallest absolute Gasteiger partial charge is 0.341 e. The van der Waals surface area contributed by atoms with Crippen LogP contribution in [0.25, 0.3) is 22.0 Å². The molecule has 0 aliphatic heterocycles. The van der Waals surface area contributed by atoms with Crippen molar-refractivity contribution in [1.82, 2.24) is 4.98 Å². The summed E-state index contributed by atoms with van der Waals surface area (Å²) < 4.78 is 26.8. The number of methoxy groups -OCH3 is 4. The van der Waals surface area contributed by atoms with Gasteiger partial charge in [0, 0.05) is 17.0 Å². The lowest BCUT2D eigenvalue weighted by Gasteiger charge is -2.17. The molecule has 0 aliphatic carbocycles. The third-order valence-electron chi connectivity index (χ3n) is 4.60. The molecule has 158 valence electrons. The van der Waals surface area contributed by atoms with Gasteiger partial charge in [-0.2, -0.15) is 0 Å². The molecule has 0 N–H and O–H groups in total. The molecule has 0 fully saturated rings. The number of hydrogen-bond donors (Lipinski definition) is 0. The molecule has 1 heterocycles. The van der Waals surface area contributed by atoms with E-state index < -0.39 is 5.97 Å². The molecule has 2 aromatic carbocycles. The van der Waals surface area contributed by atoms with E-state index in [1.54, 1.807) is 45.4 Å². The van der Waals surface area contributed by atoms with Gasteiger partial charge in [0.25, 0.3) is 0 Å². The third kappa shape index (κ3) is 3.80. The van der Waals surface area contributed by atoms with Gasteiger partial charge in [-0.05, 0) is 30.7 Å². The van der Waals surface area contributed by atoms with Gasteiger partial charge in [-0.1, -0.05) is 17.7 Å². The van der Waals surface area contributed by atoms with Crippen molar-refractivity contribution >= 4 is 28.5 Å². The van der Waals surface area contributed by atoms with Crippen LogP contribution in [-0.4, -0.2) is 46.0 Å². The lowest BCUT2D eigenvalue weighted by atomic mass is 9.95. The van der Waals surface area contributed by atoms with Crippen molar-refractivity contribution in [3.63, 3.8) is 0 Å². The average molecular weight is 432 g/mol. The number of esters is 1. The number of halogens is 1. The Hall–Kier alpha value is -3.19. The van der Waals surface area contributed by atoms with Crippen LogP contribution in [0.3, 0.4) is 0 Å². The first-order valence-electron chi connectivity index (χ1n) is 9.13. The van der Waals surface area contributed by atoms with E-state index in [9.17, 15) is 4.79 Å². The van der Waals surface area contributed by atoms with Gasteiger partial charge in [0.2, 0.25) is 0 Å². The zero-order valence-electron chi connectivity index (χ0n) is 17.4. The number of carbonyl (C=O) groups excluding carboxylic acids is 1. The molecule has 0 saturated carbocycles. The second-order valence-electron chi connectivity index (χ2n) is 6.17. The quantitative estimate of drug-likeness (QED) is 0.394. The molecule has 0 radical (unpaired) electrons. The molecule has 8 heteroatoms. The molecule has 0 unspecified atom stereocenters. The Balaban J connectivity index is 2.43. The van der Waals surface area contributed by atoms with Crippen molar-refractivity contribution in [3.8, 4) is 34.1 Å². The predicted molar refractivity (Wildman–Crippen MR) is 114 cm³/mol. The van der Waals surface area contributed by atoms with Gasteiger partial charge in [-0.3, -0.25) is 0 Å². The van der Waals surface area contributed by atoms with Gasteiger partial charge in [0.05, 0.1) is 40.6 Å². The fourth-order valence-corrected chi connectivity index (χ4v) is 3.50. The van der Waals surface area contributed by atoms with Crippen molar-refractivity contribution in [1.29, 1.82) is 0 Å². The maximum Gasteiger partial charge on any atom is 0.341 e. The van der Waals surface area contributed by atoms with Crippen LogP contribution < -0.4 is 18.9 Å². The van der Waals surface area contributed by atoms with Gasteiger partial charge in [0.1, 0.15) is 10.7 Å². The van der Waals surface area contributed by atoms with Crippen LogP contribution in [0.2, 0.25) is 5.15 Å². The van der Waals surface area contributed by atoms with Gasteiger partial charge in [-0.15, -0.1) is 0 Å². The molecule has 0 atom stereocenters. The Morgan fingerprint density at radius 1 is 0.900 bits per heavy atom. The number of hydrogen-bond acceptors (Lipinski definition) is 7. The highest BCUT2D eigenvalue weighted by Gasteiger charge is 2.25. The van der Waals surface area contributed by atoms with Gasteiger partial charge >= 0.3 is 5.97 Å². The fraction of sp³-hybridized carbons (Fsp3) is 0.273. The molecule has 0 aliphatic rings. The molecule has 0 bridgehead atoms. The fourth-order valence-electron chi connectivity index (χ4n) is 3.24. The van der Waals surface area contributed by atoms with Crippen LogP contribution in [-0.2, 0) is 4.74 Å². The number of fused-ring (bicyclic) bond motifs is 1. The summed E-state index contributed by atoms with van der Waals surface area (Å²) in [6.45, 7) is 1.93. The summed E-state index contributed by atoms with van der Waals surface area (Å²) in [5, 5.41) is 0.672. The molecule has 0 amide bonds. The van der Waals surface area contributed by atoms with E-state index in [2.05, 4.69) is 4.98 Å². The normalized spacial score (nSPS) is 10.6. The van der Waals surface area contributed by atoms with Crippen molar-refractivity contribution in [2.45, 2.75) is 6.92 Å². The van der Waals surface area contributed by atoms with Crippen LogP contribution in [0.1, 0.15) is 17.3 Å². The van der Waals surface area contributed by atoms with E-state index in [0.29, 0.717) is 45.0 Å². The molecule has 3 rings (SSSR count). The maximum atomic E-state index is 12.8. The summed E-state index contributed by atoms with van der Waals surface area (Å²) >= 11 is 6.45. The molecule has 3 aromatic rings. The van der Waals surface area contributed by atoms with Crippen molar-refractivity contribution in [2.75, 3.05) is 35.0 Å². The first-order valence-corrected chi connectivity index (χ1v) is 9.51. The Morgan fingerprint density at radius 2 is 1.50 bits per heavy atom. The van der Waals surface area contributed by atoms with Crippen LogP contribution >= 0.6 is 11.6 Å². The molecule has 7 nitrogen and oxygen atoms in total. The summed E-state index contributed by atoms with van der Waals surface area (Å²) in [6.07, 6.45) is 0. The highest BCUT2D eigenvalue weighted by Crippen LogP contribution is 2.42. The van der Waals surface area contributed by atoms with Crippen LogP contribution in [0.5, 0.6) is 23.0 Å². The number of aromatic nitrogens is 1. The monoisotopic (exact) mass is 431 g/mol. The third-order valence-corrected chi connectivity index (χ3v) is 4.87. The Kier molecular flexibility index (Phi) is 6.52. The standard InChI is InChI=1S/C22H22ClNO6/c1-6-30-22(25)20-19(12-7-8-15(26-2)16(9-12)27-3)13-10-17(28-4)18(29-5)11-14(13)24-21(20)23/h7-11H,6H2,1-5H3. The minimum atomic E-state index is -0.573. The predicted octanol–water partition coefficient (Wildman–Crippen LogP) is 4.77. The first-order chi connectivity index (χ1) is 14.5. The second-order valence-corrected chi connectivity index (χ2v) is 6.53. The minimum Gasteiger partial charge on any atom is -0.493 e. The summed E-state index contributed by atoms with van der Waals surface area (Å²) in [5.41, 5.74) is 1.92. The molecular weight excluding hydrogens is 410 g/mol. The number of pyridine rings is 1. The van der Waals surface area contributed by atoms with E-state index in [1.165, 1.54) is 14.2 Å². The Labute approximate surface area is 179 Å². The molecule has 30 heavy (non-hydrogen) atoms. The Morgan fingerprint density at radius 3 is 2.10 bits per heavy atom. The summed E-state index contributed by atoms with van der Waals surface area (Å²) in [6, 6.07) is 8.80. The number of benzene rings is 2. The van der Waals surface area contributed by atoms with Crippen LogP contribution in [0, 0.1) is 0 Å².